The number of benzene rings is 1. The molecule has 1 aliphatic rings. The van der Waals surface area contributed by atoms with Gasteiger partial charge in [0.15, 0.2) is 5.96 Å². The molecule has 1 saturated heterocycles. The Labute approximate surface area is 144 Å². The Hall–Kier alpha value is -1.20. The van der Waals surface area contributed by atoms with Crippen molar-refractivity contribution in [2.75, 3.05) is 32.6 Å². The standard InChI is InChI=1S/C18H29N3OS/c1-4-19-17(20-13-16-8-6-5-7-15(16)2)21-14-18(23-3)9-11-22-12-10-18/h5-8H,4,9-14H2,1-3H3,(H2,19,20,21). The van der Waals surface area contributed by atoms with Gasteiger partial charge in [0.1, 0.15) is 0 Å². The Morgan fingerprint density at radius 2 is 2.00 bits per heavy atom. The van der Waals surface area contributed by atoms with Crippen LogP contribution in [-0.4, -0.2) is 43.3 Å². The van der Waals surface area contributed by atoms with Crippen LogP contribution in [-0.2, 0) is 11.3 Å². The van der Waals surface area contributed by atoms with Gasteiger partial charge in [0.25, 0.3) is 0 Å². The summed E-state index contributed by atoms with van der Waals surface area (Å²) < 4.78 is 5.77. The highest BCUT2D eigenvalue weighted by atomic mass is 32.2. The Morgan fingerprint density at radius 1 is 1.26 bits per heavy atom. The molecule has 2 rings (SSSR count). The van der Waals surface area contributed by atoms with Crippen LogP contribution in [0.3, 0.4) is 0 Å². The number of aliphatic imine (C=N–C) groups is 1. The molecule has 0 unspecified atom stereocenters. The molecule has 1 aliphatic heterocycles. The maximum Gasteiger partial charge on any atom is 0.191 e. The molecule has 0 atom stereocenters. The number of nitrogens with one attached hydrogen (secondary N) is 2. The molecule has 0 spiro atoms. The van der Waals surface area contributed by atoms with E-state index in [1.807, 2.05) is 11.8 Å². The fraction of sp³-hybridized carbons (Fsp3) is 0.611. The summed E-state index contributed by atoms with van der Waals surface area (Å²) in [4.78, 5) is 4.75. The van der Waals surface area contributed by atoms with Gasteiger partial charge in [-0.2, -0.15) is 11.8 Å². The van der Waals surface area contributed by atoms with Crippen LogP contribution in [0.2, 0.25) is 0 Å². The highest BCUT2D eigenvalue weighted by Crippen LogP contribution is 2.32. The first-order chi connectivity index (χ1) is 11.2. The third-order valence-corrected chi connectivity index (χ3v) is 5.85. The summed E-state index contributed by atoms with van der Waals surface area (Å²) in [6, 6.07) is 8.42. The monoisotopic (exact) mass is 335 g/mol. The topological polar surface area (TPSA) is 45.7 Å². The van der Waals surface area contributed by atoms with Gasteiger partial charge in [-0.15, -0.1) is 0 Å². The van der Waals surface area contributed by atoms with Gasteiger partial charge in [-0.1, -0.05) is 24.3 Å². The van der Waals surface area contributed by atoms with Crippen LogP contribution in [0, 0.1) is 6.92 Å². The van der Waals surface area contributed by atoms with Gasteiger partial charge < -0.3 is 15.4 Å². The van der Waals surface area contributed by atoms with Crippen LogP contribution in [0.5, 0.6) is 0 Å². The first-order valence-corrected chi connectivity index (χ1v) is 9.61. The maximum absolute atomic E-state index is 5.51. The predicted octanol–water partition coefficient (Wildman–Crippen LogP) is 2.96. The molecule has 0 bridgehead atoms. The fourth-order valence-electron chi connectivity index (χ4n) is 2.73. The molecule has 128 valence electrons. The van der Waals surface area contributed by atoms with Gasteiger partial charge in [-0.25, -0.2) is 4.99 Å². The molecular formula is C18H29N3OS. The van der Waals surface area contributed by atoms with E-state index in [-0.39, 0.29) is 4.75 Å². The minimum Gasteiger partial charge on any atom is -0.381 e. The number of ether oxygens (including phenoxy) is 1. The van der Waals surface area contributed by atoms with Gasteiger partial charge in [-0.05, 0) is 44.1 Å². The van der Waals surface area contributed by atoms with E-state index in [0.29, 0.717) is 6.54 Å². The number of guanidine groups is 1. The molecule has 0 aromatic heterocycles. The smallest absolute Gasteiger partial charge is 0.191 e. The van der Waals surface area contributed by atoms with E-state index in [9.17, 15) is 0 Å². The first kappa shape index (κ1) is 18.1. The van der Waals surface area contributed by atoms with E-state index in [1.165, 1.54) is 11.1 Å². The summed E-state index contributed by atoms with van der Waals surface area (Å²) in [5.41, 5.74) is 2.56. The molecule has 1 heterocycles. The van der Waals surface area contributed by atoms with Gasteiger partial charge in [0.05, 0.1) is 6.54 Å². The van der Waals surface area contributed by atoms with Gasteiger partial charge in [0.2, 0.25) is 0 Å². The zero-order valence-corrected chi connectivity index (χ0v) is 15.3. The van der Waals surface area contributed by atoms with Crippen molar-refractivity contribution in [2.45, 2.75) is 38.0 Å². The molecule has 1 fully saturated rings. The first-order valence-electron chi connectivity index (χ1n) is 8.39. The molecule has 0 aliphatic carbocycles. The number of hydrogen-bond donors (Lipinski definition) is 2. The summed E-state index contributed by atoms with van der Waals surface area (Å²) in [7, 11) is 0. The molecule has 4 nitrogen and oxygen atoms in total. The van der Waals surface area contributed by atoms with E-state index < -0.39 is 0 Å². The Balaban J connectivity index is 1.97. The second-order valence-corrected chi connectivity index (χ2v) is 7.25. The molecule has 1 aromatic rings. The van der Waals surface area contributed by atoms with Gasteiger partial charge >= 0.3 is 0 Å². The van der Waals surface area contributed by atoms with Crippen molar-refractivity contribution in [3.63, 3.8) is 0 Å². The zero-order valence-electron chi connectivity index (χ0n) is 14.5. The van der Waals surface area contributed by atoms with Crippen LogP contribution >= 0.6 is 11.8 Å². The van der Waals surface area contributed by atoms with Crippen molar-refractivity contribution in [1.29, 1.82) is 0 Å². The minimum absolute atomic E-state index is 0.261. The molecule has 2 N–H and O–H groups in total. The lowest BCUT2D eigenvalue weighted by atomic mass is 9.99. The normalized spacial score (nSPS) is 17.8. The second-order valence-electron chi connectivity index (χ2n) is 5.97. The lowest BCUT2D eigenvalue weighted by Gasteiger charge is -2.36. The van der Waals surface area contributed by atoms with Crippen molar-refractivity contribution < 1.29 is 4.74 Å². The fourth-order valence-corrected chi connectivity index (χ4v) is 3.53. The highest BCUT2D eigenvalue weighted by Gasteiger charge is 2.31. The van der Waals surface area contributed by atoms with Crippen molar-refractivity contribution in [1.82, 2.24) is 10.6 Å². The SMILES string of the molecule is CCNC(=NCc1ccccc1C)NCC1(SC)CCOCC1. The summed E-state index contributed by atoms with van der Waals surface area (Å²) in [6.07, 6.45) is 4.39. The lowest BCUT2D eigenvalue weighted by Crippen LogP contribution is -2.47. The van der Waals surface area contributed by atoms with Gasteiger partial charge in [-0.3, -0.25) is 0 Å². The van der Waals surface area contributed by atoms with E-state index in [2.05, 4.69) is 55.0 Å². The summed E-state index contributed by atoms with van der Waals surface area (Å²) in [5, 5.41) is 6.89. The largest absolute Gasteiger partial charge is 0.381 e. The molecule has 1 aromatic carbocycles. The van der Waals surface area contributed by atoms with Crippen LogP contribution < -0.4 is 10.6 Å². The summed E-state index contributed by atoms with van der Waals surface area (Å²) in [6.45, 7) is 8.46. The number of nitrogens with zero attached hydrogens (tertiary/aromatic N) is 1. The van der Waals surface area contributed by atoms with Crippen molar-refractivity contribution in [3.05, 3.63) is 35.4 Å². The molecule has 0 saturated carbocycles. The zero-order chi connectivity index (χ0) is 16.5. The van der Waals surface area contributed by atoms with E-state index in [4.69, 9.17) is 9.73 Å². The average Bonchev–Trinajstić information content (AvgIpc) is 2.59. The van der Waals surface area contributed by atoms with Crippen LogP contribution in [0.15, 0.2) is 29.3 Å². The van der Waals surface area contributed by atoms with Crippen molar-refractivity contribution in [2.24, 2.45) is 4.99 Å². The molecular weight excluding hydrogens is 306 g/mol. The molecule has 0 radical (unpaired) electrons. The molecule has 5 heteroatoms. The number of aryl methyl sites for hydroxylation is 1. The van der Waals surface area contributed by atoms with Gasteiger partial charge in [0, 0.05) is 31.1 Å². The summed E-state index contributed by atoms with van der Waals surface area (Å²) >= 11 is 1.94. The highest BCUT2D eigenvalue weighted by molar-refractivity contribution is 8.00. The number of hydrogen-bond acceptors (Lipinski definition) is 3. The number of thioether (sulfide) groups is 1. The van der Waals surface area contributed by atoms with E-state index >= 15 is 0 Å². The quantitative estimate of drug-likeness (QED) is 0.620. The summed E-state index contributed by atoms with van der Waals surface area (Å²) in [5.74, 6) is 0.899. The Morgan fingerprint density at radius 3 is 2.65 bits per heavy atom. The van der Waals surface area contributed by atoms with Crippen LogP contribution in [0.1, 0.15) is 30.9 Å². The third-order valence-electron chi connectivity index (χ3n) is 4.43. The van der Waals surface area contributed by atoms with Crippen molar-refractivity contribution in [3.8, 4) is 0 Å². The maximum atomic E-state index is 5.51. The Bertz CT molecular complexity index is 513. The average molecular weight is 336 g/mol. The number of rotatable bonds is 6. The van der Waals surface area contributed by atoms with Crippen molar-refractivity contribution >= 4 is 17.7 Å². The molecule has 23 heavy (non-hydrogen) atoms. The molecule has 0 amide bonds. The Kier molecular flexibility index (Phi) is 7.24. The minimum atomic E-state index is 0.261. The van der Waals surface area contributed by atoms with Crippen LogP contribution in [0.4, 0.5) is 0 Å². The third kappa shape index (κ3) is 5.43. The second kappa shape index (κ2) is 9.18. The van der Waals surface area contributed by atoms with E-state index in [1.54, 1.807) is 0 Å². The predicted molar refractivity (Wildman–Crippen MR) is 100 cm³/mol. The van der Waals surface area contributed by atoms with Crippen LogP contribution in [0.25, 0.3) is 0 Å². The lowest BCUT2D eigenvalue weighted by molar-refractivity contribution is 0.0783. The van der Waals surface area contributed by atoms with E-state index in [0.717, 1.165) is 45.1 Å².